The van der Waals surface area contributed by atoms with E-state index in [0.29, 0.717) is 8.95 Å². The lowest BCUT2D eigenvalue weighted by Crippen LogP contribution is -2.50. The molecule has 5 nitrogen and oxygen atoms in total. The van der Waals surface area contributed by atoms with Gasteiger partial charge in [-0.3, -0.25) is 4.79 Å². The Bertz CT molecular complexity index is 613. The van der Waals surface area contributed by atoms with Gasteiger partial charge in [-0.2, -0.15) is 4.31 Å². The molecule has 0 saturated heterocycles. The molecule has 0 radical (unpaired) electrons. The van der Waals surface area contributed by atoms with E-state index >= 15 is 0 Å². The van der Waals surface area contributed by atoms with Crippen molar-refractivity contribution in [2.24, 2.45) is 0 Å². The zero-order valence-electron chi connectivity index (χ0n) is 10.5. The molecule has 0 fully saturated rings. The van der Waals surface area contributed by atoms with Gasteiger partial charge in [0.25, 0.3) is 0 Å². The molecule has 19 heavy (non-hydrogen) atoms. The van der Waals surface area contributed by atoms with Crippen LogP contribution in [0.25, 0.3) is 0 Å². The first kappa shape index (κ1) is 16.6. The Hall–Kier alpha value is -0.440. The molecule has 8 heteroatoms. The largest absolute Gasteiger partial charge is 0.480 e. The topological polar surface area (TPSA) is 74.7 Å². The summed E-state index contributed by atoms with van der Waals surface area (Å²) < 4.78 is 26.8. The molecule has 0 aliphatic carbocycles. The molecule has 0 bridgehead atoms. The van der Waals surface area contributed by atoms with Crippen LogP contribution in [0.1, 0.15) is 13.8 Å². The normalized spacial score (nSPS) is 12.7. The van der Waals surface area contributed by atoms with Gasteiger partial charge in [0.2, 0.25) is 10.0 Å². The van der Waals surface area contributed by atoms with Gasteiger partial charge >= 0.3 is 5.97 Å². The molecule has 0 spiro atoms. The van der Waals surface area contributed by atoms with Crippen molar-refractivity contribution >= 4 is 47.9 Å². The number of hydrogen-bond acceptors (Lipinski definition) is 3. The van der Waals surface area contributed by atoms with E-state index in [1.807, 2.05) is 0 Å². The summed E-state index contributed by atoms with van der Waals surface area (Å²) in [5.41, 5.74) is -1.54. The second-order valence-electron chi connectivity index (χ2n) is 4.41. The first-order chi connectivity index (χ1) is 8.51. The summed E-state index contributed by atoms with van der Waals surface area (Å²) in [5, 5.41) is 9.12. The number of aliphatic carboxylic acids is 1. The molecule has 0 heterocycles. The highest BCUT2D eigenvalue weighted by molar-refractivity contribution is 9.11. The van der Waals surface area contributed by atoms with E-state index in [9.17, 15) is 13.2 Å². The van der Waals surface area contributed by atoms with Gasteiger partial charge in [0.1, 0.15) is 5.54 Å². The van der Waals surface area contributed by atoms with Crippen LogP contribution in [0.15, 0.2) is 32.0 Å². The predicted octanol–water partition coefficient (Wildman–Crippen LogP) is 2.70. The van der Waals surface area contributed by atoms with E-state index in [2.05, 4.69) is 31.9 Å². The summed E-state index contributed by atoms with van der Waals surface area (Å²) in [4.78, 5) is 11.2. The molecule has 0 amide bonds. The fourth-order valence-electron chi connectivity index (χ4n) is 1.26. The van der Waals surface area contributed by atoms with E-state index in [1.54, 1.807) is 12.1 Å². The highest BCUT2D eigenvalue weighted by Crippen LogP contribution is 2.30. The molecule has 0 saturated carbocycles. The Labute approximate surface area is 128 Å². The third-order valence-corrected chi connectivity index (χ3v) is 6.36. The van der Waals surface area contributed by atoms with Gasteiger partial charge in [0.15, 0.2) is 0 Å². The molecule has 0 aliphatic rings. The van der Waals surface area contributed by atoms with Gasteiger partial charge in [0.05, 0.1) is 4.90 Å². The van der Waals surface area contributed by atoms with Crippen molar-refractivity contribution in [3.8, 4) is 0 Å². The monoisotopic (exact) mass is 413 g/mol. The second kappa shape index (κ2) is 5.51. The Kier molecular flexibility index (Phi) is 4.82. The zero-order valence-corrected chi connectivity index (χ0v) is 14.5. The van der Waals surface area contributed by atoms with Gasteiger partial charge in [-0.05, 0) is 48.0 Å². The van der Waals surface area contributed by atoms with Crippen molar-refractivity contribution < 1.29 is 18.3 Å². The summed E-state index contributed by atoms with van der Waals surface area (Å²) in [6, 6.07) is 4.69. The summed E-state index contributed by atoms with van der Waals surface area (Å²) in [7, 11) is -2.67. The van der Waals surface area contributed by atoms with Crippen LogP contribution in [0.3, 0.4) is 0 Å². The number of carboxylic acids is 1. The number of halogens is 2. The fourth-order valence-corrected chi connectivity index (χ4v) is 4.19. The maximum atomic E-state index is 12.5. The number of carboxylic acid groups (broad SMARTS) is 1. The Morgan fingerprint density at radius 1 is 1.32 bits per heavy atom. The molecule has 1 aromatic rings. The van der Waals surface area contributed by atoms with Gasteiger partial charge in [-0.15, -0.1) is 0 Å². The van der Waals surface area contributed by atoms with Crippen LogP contribution >= 0.6 is 31.9 Å². The van der Waals surface area contributed by atoms with Crippen molar-refractivity contribution in [3.05, 3.63) is 27.1 Å². The molecule has 1 N–H and O–H groups in total. The van der Waals surface area contributed by atoms with Gasteiger partial charge in [-0.1, -0.05) is 15.9 Å². The lowest BCUT2D eigenvalue weighted by Gasteiger charge is -2.30. The molecular formula is C11H13Br2NO4S. The lowest BCUT2D eigenvalue weighted by molar-refractivity contribution is -0.145. The Morgan fingerprint density at radius 3 is 2.32 bits per heavy atom. The van der Waals surface area contributed by atoms with E-state index in [4.69, 9.17) is 5.11 Å². The van der Waals surface area contributed by atoms with Crippen molar-refractivity contribution in [2.75, 3.05) is 7.05 Å². The zero-order chi connectivity index (χ0) is 15.0. The minimum absolute atomic E-state index is 0.0127. The van der Waals surface area contributed by atoms with Crippen LogP contribution in [-0.2, 0) is 14.8 Å². The Balaban J connectivity index is 3.40. The highest BCUT2D eigenvalue weighted by Gasteiger charge is 2.40. The summed E-state index contributed by atoms with van der Waals surface area (Å²) >= 11 is 6.36. The molecular weight excluding hydrogens is 402 g/mol. The number of likely N-dealkylation sites (N-methyl/N-ethyl adjacent to an activating group) is 1. The average Bonchev–Trinajstić information content (AvgIpc) is 2.30. The van der Waals surface area contributed by atoms with Crippen molar-refractivity contribution in [3.63, 3.8) is 0 Å². The molecule has 106 valence electrons. The first-order valence-corrected chi connectivity index (χ1v) is 8.21. The number of benzene rings is 1. The van der Waals surface area contributed by atoms with Crippen LogP contribution in [0.5, 0.6) is 0 Å². The molecule has 0 unspecified atom stereocenters. The summed E-state index contributed by atoms with van der Waals surface area (Å²) in [6.07, 6.45) is 0. The van der Waals surface area contributed by atoms with Crippen molar-refractivity contribution in [1.29, 1.82) is 0 Å². The standard InChI is InChI=1S/C11H13Br2NO4S/c1-11(2,10(15)16)14(3)19(17,18)9-6-7(12)4-5-8(9)13/h4-6H,1-3H3,(H,15,16). The first-order valence-electron chi connectivity index (χ1n) is 5.18. The molecule has 1 aromatic carbocycles. The predicted molar refractivity (Wildman–Crippen MR) is 78.5 cm³/mol. The van der Waals surface area contributed by atoms with Crippen LogP contribution in [0.4, 0.5) is 0 Å². The summed E-state index contributed by atoms with van der Waals surface area (Å²) in [5.74, 6) is -1.22. The van der Waals surface area contributed by atoms with Gasteiger partial charge in [-0.25, -0.2) is 8.42 Å². The van der Waals surface area contributed by atoms with E-state index < -0.39 is 21.5 Å². The third-order valence-electron chi connectivity index (χ3n) is 2.84. The van der Waals surface area contributed by atoms with E-state index in [-0.39, 0.29) is 4.90 Å². The number of nitrogens with zero attached hydrogens (tertiary/aromatic N) is 1. The average molecular weight is 415 g/mol. The van der Waals surface area contributed by atoms with Crippen LogP contribution in [0.2, 0.25) is 0 Å². The van der Waals surface area contributed by atoms with Crippen LogP contribution < -0.4 is 0 Å². The SMILES string of the molecule is CN(C(C)(C)C(=O)O)S(=O)(=O)c1cc(Br)ccc1Br. The van der Waals surface area contributed by atoms with E-state index in [0.717, 1.165) is 4.31 Å². The number of hydrogen-bond donors (Lipinski definition) is 1. The number of sulfonamides is 1. The minimum atomic E-state index is -3.92. The fraction of sp³-hybridized carbons (Fsp3) is 0.364. The van der Waals surface area contributed by atoms with Crippen LogP contribution in [0, 0.1) is 0 Å². The lowest BCUT2D eigenvalue weighted by atomic mass is 10.1. The minimum Gasteiger partial charge on any atom is -0.480 e. The quantitative estimate of drug-likeness (QED) is 0.821. The molecule has 1 rings (SSSR count). The number of rotatable bonds is 4. The molecule has 0 aromatic heterocycles. The summed E-state index contributed by atoms with van der Waals surface area (Å²) in [6.45, 7) is 2.66. The van der Waals surface area contributed by atoms with Crippen molar-refractivity contribution in [2.45, 2.75) is 24.3 Å². The van der Waals surface area contributed by atoms with Crippen LogP contribution in [-0.4, -0.2) is 36.4 Å². The van der Waals surface area contributed by atoms with Crippen molar-refractivity contribution in [1.82, 2.24) is 4.31 Å². The third kappa shape index (κ3) is 3.18. The smallest absolute Gasteiger partial charge is 0.324 e. The Morgan fingerprint density at radius 2 is 1.84 bits per heavy atom. The van der Waals surface area contributed by atoms with E-state index in [1.165, 1.54) is 27.0 Å². The highest BCUT2D eigenvalue weighted by atomic mass is 79.9. The second-order valence-corrected chi connectivity index (χ2v) is 8.12. The number of carbonyl (C=O) groups is 1. The molecule has 0 atom stereocenters. The molecule has 0 aliphatic heterocycles. The maximum absolute atomic E-state index is 12.5. The van der Waals surface area contributed by atoms with Gasteiger partial charge in [0, 0.05) is 16.0 Å². The van der Waals surface area contributed by atoms with Gasteiger partial charge < -0.3 is 5.11 Å². The maximum Gasteiger partial charge on any atom is 0.324 e.